The molecule has 1 aliphatic carbocycles. The lowest BCUT2D eigenvalue weighted by molar-refractivity contribution is -0.125. The van der Waals surface area contributed by atoms with Gasteiger partial charge in [0.25, 0.3) is 15.9 Å². The van der Waals surface area contributed by atoms with Crippen LogP contribution >= 0.6 is 0 Å². The first-order chi connectivity index (χ1) is 17.6. The second-order valence-corrected chi connectivity index (χ2v) is 10.8. The topological polar surface area (TPSA) is 139 Å². The molecule has 0 N–H and O–H groups in total. The van der Waals surface area contributed by atoms with Gasteiger partial charge in [0.1, 0.15) is 17.6 Å². The molecule has 11 heteroatoms. The van der Waals surface area contributed by atoms with E-state index in [0.29, 0.717) is 58.8 Å². The van der Waals surface area contributed by atoms with E-state index in [2.05, 4.69) is 20.6 Å². The van der Waals surface area contributed by atoms with Gasteiger partial charge in [-0.05, 0) is 56.9 Å². The Morgan fingerprint density at radius 1 is 1.22 bits per heavy atom. The molecule has 0 saturated carbocycles. The van der Waals surface area contributed by atoms with Gasteiger partial charge in [-0.25, -0.2) is 8.42 Å². The third kappa shape index (κ3) is 5.86. The van der Waals surface area contributed by atoms with Crippen LogP contribution in [0.2, 0.25) is 0 Å². The number of nitriles is 1. The number of amides is 1. The molecule has 1 aliphatic rings. The fraction of sp³-hybridized carbons (Fsp3) is 0.346. The number of benzene rings is 2. The van der Waals surface area contributed by atoms with E-state index in [9.17, 15) is 18.5 Å². The monoisotopic (exact) mass is 521 g/mol. The predicted molar refractivity (Wildman–Crippen MR) is 138 cm³/mol. The Morgan fingerprint density at radius 2 is 1.97 bits per heavy atom. The van der Waals surface area contributed by atoms with E-state index in [4.69, 9.17) is 9.26 Å². The highest BCUT2D eigenvalue weighted by molar-refractivity contribution is 7.91. The number of aromatic nitrogens is 2. The van der Waals surface area contributed by atoms with Gasteiger partial charge in [0, 0.05) is 30.8 Å². The van der Waals surface area contributed by atoms with Crippen LogP contribution in [-0.4, -0.2) is 61.0 Å². The average molecular weight is 522 g/mol. The molecule has 3 aromatic rings. The average Bonchev–Trinajstić information content (AvgIpc) is 3.33. The number of hydrogen-bond acceptors (Lipinski definition) is 8. The van der Waals surface area contributed by atoms with E-state index in [1.54, 1.807) is 24.3 Å². The lowest BCUT2D eigenvalue weighted by Gasteiger charge is -2.20. The van der Waals surface area contributed by atoms with Crippen LogP contribution in [-0.2, 0) is 21.2 Å². The van der Waals surface area contributed by atoms with Gasteiger partial charge >= 0.3 is 0 Å². The number of carbonyl (C=O) groups is 1. The molecule has 0 bridgehead atoms. The maximum Gasteiger partial charge on any atom is 0.262 e. The van der Waals surface area contributed by atoms with E-state index in [-0.39, 0.29) is 12.0 Å². The molecule has 0 atom stereocenters. The van der Waals surface area contributed by atoms with Crippen molar-refractivity contribution in [2.75, 3.05) is 19.8 Å². The highest BCUT2D eigenvalue weighted by Gasteiger charge is 2.25. The highest BCUT2D eigenvalue weighted by atomic mass is 32.2. The zero-order valence-electron chi connectivity index (χ0n) is 21.1. The minimum atomic E-state index is -3.99. The van der Waals surface area contributed by atoms with Gasteiger partial charge in [-0.15, -0.1) is 0 Å². The fourth-order valence-corrected chi connectivity index (χ4v) is 5.20. The van der Waals surface area contributed by atoms with Crippen molar-refractivity contribution in [1.29, 1.82) is 5.26 Å². The van der Waals surface area contributed by atoms with Gasteiger partial charge < -0.3 is 14.2 Å². The summed E-state index contributed by atoms with van der Waals surface area (Å²) in [5.41, 5.74) is 3.62. The summed E-state index contributed by atoms with van der Waals surface area (Å²) in [4.78, 5) is 17.7. The Balaban J connectivity index is 1.67. The van der Waals surface area contributed by atoms with Gasteiger partial charge in [0.2, 0.25) is 11.7 Å². The van der Waals surface area contributed by atoms with E-state index in [1.165, 1.54) is 19.0 Å². The summed E-state index contributed by atoms with van der Waals surface area (Å²) in [6, 6.07) is 12.7. The first-order valence-corrected chi connectivity index (χ1v) is 13.4. The molecule has 0 saturated heterocycles. The van der Waals surface area contributed by atoms with Crippen LogP contribution in [0.4, 0.5) is 0 Å². The van der Waals surface area contributed by atoms with Crippen molar-refractivity contribution in [2.24, 2.45) is 4.40 Å². The predicted octanol–water partition coefficient (Wildman–Crippen LogP) is 3.61. The summed E-state index contributed by atoms with van der Waals surface area (Å²) in [6.07, 6.45) is 1.78. The molecular weight excluding hydrogens is 494 g/mol. The molecule has 37 heavy (non-hydrogen) atoms. The third-order valence-electron chi connectivity index (χ3n) is 5.76. The molecule has 1 amide bonds. The molecule has 10 nitrogen and oxygen atoms in total. The Kier molecular flexibility index (Phi) is 7.40. The van der Waals surface area contributed by atoms with Crippen LogP contribution in [0.15, 0.2) is 45.3 Å². The molecule has 0 unspecified atom stereocenters. The van der Waals surface area contributed by atoms with Crippen LogP contribution in [0.1, 0.15) is 43.4 Å². The normalized spacial score (nSPS) is 14.3. The van der Waals surface area contributed by atoms with E-state index < -0.39 is 21.7 Å². The van der Waals surface area contributed by atoms with Gasteiger partial charge in [0.05, 0.1) is 17.4 Å². The van der Waals surface area contributed by atoms with Gasteiger partial charge in [-0.1, -0.05) is 23.4 Å². The van der Waals surface area contributed by atoms with Crippen molar-refractivity contribution in [3.63, 3.8) is 0 Å². The number of nitrogens with zero attached hydrogens (tertiary/aromatic N) is 5. The minimum Gasteiger partial charge on any atom is -0.490 e. The number of fused-ring (bicyclic) bond motifs is 1. The second kappa shape index (κ2) is 10.5. The van der Waals surface area contributed by atoms with Crippen molar-refractivity contribution < 1.29 is 22.5 Å². The summed E-state index contributed by atoms with van der Waals surface area (Å²) in [7, 11) is -0.983. The Bertz CT molecular complexity index is 1520. The number of rotatable bonds is 7. The Morgan fingerprint density at radius 3 is 2.68 bits per heavy atom. The molecule has 2 aromatic carbocycles. The van der Waals surface area contributed by atoms with Crippen molar-refractivity contribution in [2.45, 2.75) is 39.2 Å². The van der Waals surface area contributed by atoms with Crippen LogP contribution in [0.5, 0.6) is 5.75 Å². The molecule has 1 heterocycles. The standard InChI is InChI=1S/C26H27N5O5S/c1-16(2)35-23-12-11-17(13-18(23)14-27)26-28-25(29-36-26)21-9-5-8-20-19(21)7-6-10-22(20)30-37(33,34)15-24(32)31(3)4/h5,8-9,11-13,16H,6-7,10,15H2,1-4H3. The minimum absolute atomic E-state index is 0.0749. The number of hydrogen-bond donors (Lipinski definition) is 0. The zero-order valence-corrected chi connectivity index (χ0v) is 21.9. The molecule has 1 aromatic heterocycles. The molecule has 0 spiro atoms. The highest BCUT2D eigenvalue weighted by Crippen LogP contribution is 2.33. The van der Waals surface area contributed by atoms with Crippen molar-refractivity contribution in [3.8, 4) is 34.7 Å². The fourth-order valence-electron chi connectivity index (χ4n) is 4.04. The maximum absolute atomic E-state index is 12.6. The molecule has 0 fully saturated rings. The maximum atomic E-state index is 12.6. The third-order valence-corrected chi connectivity index (χ3v) is 6.87. The zero-order chi connectivity index (χ0) is 26.7. The quantitative estimate of drug-likeness (QED) is 0.459. The van der Waals surface area contributed by atoms with Gasteiger partial charge in [-0.2, -0.15) is 14.6 Å². The molecule has 0 radical (unpaired) electrons. The molecule has 192 valence electrons. The number of ether oxygens (including phenoxy) is 1. The Hall–Kier alpha value is -4.04. The van der Waals surface area contributed by atoms with Crippen molar-refractivity contribution in [3.05, 3.63) is 53.1 Å². The van der Waals surface area contributed by atoms with Gasteiger partial charge in [-0.3, -0.25) is 4.79 Å². The molecular formula is C26H27N5O5S. The first kappa shape index (κ1) is 26.0. The SMILES string of the molecule is CC(C)Oc1ccc(-c2nc(-c3cccc4c3CCCC4=NS(=O)(=O)CC(=O)N(C)C)no2)cc1C#N. The summed E-state index contributed by atoms with van der Waals surface area (Å²) in [6.45, 7) is 3.77. The molecule has 4 rings (SSSR count). The first-order valence-electron chi connectivity index (χ1n) is 11.8. The Labute approximate surface area is 215 Å². The number of carbonyl (C=O) groups excluding carboxylic acids is 1. The van der Waals surface area contributed by atoms with Crippen LogP contribution in [0.3, 0.4) is 0 Å². The van der Waals surface area contributed by atoms with Crippen molar-refractivity contribution in [1.82, 2.24) is 15.0 Å². The van der Waals surface area contributed by atoms with E-state index in [0.717, 1.165) is 5.56 Å². The van der Waals surface area contributed by atoms with Crippen molar-refractivity contribution >= 4 is 21.6 Å². The molecule has 0 aliphatic heterocycles. The number of sulfonamides is 1. The van der Waals surface area contributed by atoms with E-state index in [1.807, 2.05) is 26.0 Å². The second-order valence-electron chi connectivity index (χ2n) is 9.15. The summed E-state index contributed by atoms with van der Waals surface area (Å²) in [5, 5.41) is 13.7. The summed E-state index contributed by atoms with van der Waals surface area (Å²) >= 11 is 0. The largest absolute Gasteiger partial charge is 0.490 e. The van der Waals surface area contributed by atoms with Crippen LogP contribution in [0.25, 0.3) is 22.8 Å². The summed E-state index contributed by atoms with van der Waals surface area (Å²) < 4.78 is 40.3. The van der Waals surface area contributed by atoms with Crippen LogP contribution < -0.4 is 4.74 Å². The van der Waals surface area contributed by atoms with Crippen LogP contribution in [0, 0.1) is 11.3 Å². The van der Waals surface area contributed by atoms with E-state index >= 15 is 0 Å². The lowest BCUT2D eigenvalue weighted by Crippen LogP contribution is -2.29. The lowest BCUT2D eigenvalue weighted by atomic mass is 9.87. The smallest absolute Gasteiger partial charge is 0.262 e. The summed E-state index contributed by atoms with van der Waals surface area (Å²) in [5.74, 6) is -0.142. The van der Waals surface area contributed by atoms with Gasteiger partial charge in [0.15, 0.2) is 0 Å².